The first-order chi connectivity index (χ1) is 8.72. The predicted molar refractivity (Wildman–Crippen MR) is 79.0 cm³/mol. The van der Waals surface area contributed by atoms with Crippen LogP contribution in [0, 0.1) is 0 Å². The van der Waals surface area contributed by atoms with E-state index in [0.29, 0.717) is 19.8 Å². The van der Waals surface area contributed by atoms with Gasteiger partial charge in [-0.1, -0.05) is 20.8 Å². The van der Waals surface area contributed by atoms with E-state index >= 15 is 0 Å². The second-order valence-corrected chi connectivity index (χ2v) is 11.8. The van der Waals surface area contributed by atoms with Crippen molar-refractivity contribution in [3.8, 4) is 0 Å². The summed E-state index contributed by atoms with van der Waals surface area (Å²) in [5.74, 6) is 0. The summed E-state index contributed by atoms with van der Waals surface area (Å²) in [6, 6.07) is 0. The van der Waals surface area contributed by atoms with Crippen LogP contribution < -0.4 is 0 Å². The minimum atomic E-state index is -1.66. The second kappa shape index (κ2) is 6.67. The zero-order chi connectivity index (χ0) is 14.6. The van der Waals surface area contributed by atoms with Crippen LogP contribution >= 0.6 is 0 Å². The maximum absolute atomic E-state index is 9.49. The molecule has 1 atom stereocenters. The fraction of sp³-hybridized carbons (Fsp3) is 1.00. The largest absolute Gasteiger partial charge is 0.417 e. The molecule has 0 aromatic rings. The molecule has 0 amide bonds. The molecule has 114 valence electrons. The quantitative estimate of drug-likeness (QED) is 0.603. The first-order valence-corrected chi connectivity index (χ1v) is 10.1. The van der Waals surface area contributed by atoms with Crippen molar-refractivity contribution in [3.63, 3.8) is 0 Å². The van der Waals surface area contributed by atoms with Gasteiger partial charge in [-0.05, 0) is 31.0 Å². The Balaban J connectivity index is 2.33. The van der Waals surface area contributed by atoms with Crippen LogP contribution in [-0.4, -0.2) is 52.1 Å². The highest BCUT2D eigenvalue weighted by molar-refractivity contribution is 6.74. The molecule has 0 saturated carbocycles. The van der Waals surface area contributed by atoms with Crippen LogP contribution in [0.2, 0.25) is 18.1 Å². The molecule has 0 spiro atoms. The number of hydrogen-bond donors (Lipinski definition) is 1. The van der Waals surface area contributed by atoms with Gasteiger partial charge < -0.3 is 19.0 Å². The van der Waals surface area contributed by atoms with Crippen LogP contribution in [0.1, 0.15) is 33.6 Å². The average molecular weight is 290 g/mol. The summed E-state index contributed by atoms with van der Waals surface area (Å²) in [4.78, 5) is 0. The van der Waals surface area contributed by atoms with E-state index in [-0.39, 0.29) is 11.6 Å². The maximum Gasteiger partial charge on any atom is 0.191 e. The third-order valence-corrected chi connectivity index (χ3v) is 8.87. The van der Waals surface area contributed by atoms with Crippen molar-refractivity contribution in [1.29, 1.82) is 0 Å². The van der Waals surface area contributed by atoms with Crippen molar-refractivity contribution < 1.29 is 19.0 Å². The van der Waals surface area contributed by atoms with Gasteiger partial charge in [0.25, 0.3) is 0 Å². The predicted octanol–water partition coefficient (Wildman–Crippen LogP) is 2.57. The lowest BCUT2D eigenvalue weighted by Gasteiger charge is -2.38. The summed E-state index contributed by atoms with van der Waals surface area (Å²) in [5.41, 5.74) is -0.505. The Kier molecular flexibility index (Phi) is 6.01. The van der Waals surface area contributed by atoms with Gasteiger partial charge in [0, 0.05) is 6.61 Å². The maximum atomic E-state index is 9.49. The van der Waals surface area contributed by atoms with Crippen molar-refractivity contribution in [2.75, 3.05) is 33.0 Å². The Morgan fingerprint density at radius 2 is 1.95 bits per heavy atom. The van der Waals surface area contributed by atoms with Gasteiger partial charge in [-0.15, -0.1) is 0 Å². The summed E-state index contributed by atoms with van der Waals surface area (Å²) < 4.78 is 17.2. The Bertz CT molecular complexity index is 267. The van der Waals surface area contributed by atoms with Crippen LogP contribution in [0.25, 0.3) is 0 Å². The van der Waals surface area contributed by atoms with Crippen LogP contribution in [0.4, 0.5) is 0 Å². The van der Waals surface area contributed by atoms with Gasteiger partial charge in [0.05, 0.1) is 26.4 Å². The molecule has 4 nitrogen and oxygen atoms in total. The number of aliphatic hydroxyl groups excluding tert-OH is 1. The highest BCUT2D eigenvalue weighted by Gasteiger charge is 2.37. The summed E-state index contributed by atoms with van der Waals surface area (Å²) in [5, 5.41) is 9.74. The van der Waals surface area contributed by atoms with Gasteiger partial charge in [0.1, 0.15) is 5.60 Å². The first-order valence-electron chi connectivity index (χ1n) is 7.19. The van der Waals surface area contributed by atoms with E-state index in [1.54, 1.807) is 0 Å². The number of hydrogen-bond acceptors (Lipinski definition) is 4. The summed E-state index contributed by atoms with van der Waals surface area (Å²) in [6.07, 6.45) is 1.69. The molecule has 1 aliphatic heterocycles. The Morgan fingerprint density at radius 1 is 1.26 bits per heavy atom. The van der Waals surface area contributed by atoms with Crippen LogP contribution in [-0.2, 0) is 13.9 Å². The van der Waals surface area contributed by atoms with Gasteiger partial charge in [-0.2, -0.15) is 0 Å². The molecule has 5 heteroatoms. The van der Waals surface area contributed by atoms with Crippen molar-refractivity contribution in [2.24, 2.45) is 0 Å². The molecule has 0 aromatic carbocycles. The van der Waals surface area contributed by atoms with E-state index < -0.39 is 13.9 Å². The molecule has 1 heterocycles. The van der Waals surface area contributed by atoms with E-state index in [1.165, 1.54) is 0 Å². The van der Waals surface area contributed by atoms with Crippen molar-refractivity contribution >= 4 is 8.32 Å². The topological polar surface area (TPSA) is 47.9 Å². The third-order valence-electron chi connectivity index (χ3n) is 4.34. The van der Waals surface area contributed by atoms with Crippen LogP contribution in [0.3, 0.4) is 0 Å². The fourth-order valence-electron chi connectivity index (χ4n) is 1.87. The highest BCUT2D eigenvalue weighted by atomic mass is 28.4. The number of ether oxygens (including phenoxy) is 2. The molecule has 0 bridgehead atoms. The van der Waals surface area contributed by atoms with E-state index in [1.807, 2.05) is 0 Å². The Hall–Kier alpha value is 0.0569. The molecular weight excluding hydrogens is 260 g/mol. The van der Waals surface area contributed by atoms with Gasteiger partial charge in [-0.3, -0.25) is 0 Å². The van der Waals surface area contributed by atoms with Gasteiger partial charge in [-0.25, -0.2) is 0 Å². The number of rotatable bonds is 6. The molecule has 1 saturated heterocycles. The van der Waals surface area contributed by atoms with Crippen LogP contribution in [0.15, 0.2) is 0 Å². The lowest BCUT2D eigenvalue weighted by atomic mass is 9.99. The molecule has 0 aliphatic carbocycles. The van der Waals surface area contributed by atoms with Gasteiger partial charge in [0.15, 0.2) is 8.32 Å². The van der Waals surface area contributed by atoms with Crippen molar-refractivity contribution in [2.45, 2.75) is 57.3 Å². The zero-order valence-corrected chi connectivity index (χ0v) is 14.1. The summed E-state index contributed by atoms with van der Waals surface area (Å²) in [7, 11) is -1.66. The lowest BCUT2D eigenvalue weighted by molar-refractivity contribution is -0.178. The average Bonchev–Trinajstić information content (AvgIpc) is 2.34. The lowest BCUT2D eigenvalue weighted by Crippen LogP contribution is -2.47. The summed E-state index contributed by atoms with van der Waals surface area (Å²) in [6.45, 7) is 13.7. The van der Waals surface area contributed by atoms with Gasteiger partial charge >= 0.3 is 0 Å². The molecule has 1 N–H and O–H groups in total. The third kappa shape index (κ3) is 4.83. The zero-order valence-electron chi connectivity index (χ0n) is 13.1. The molecular formula is C14H30O4Si. The fourth-order valence-corrected chi connectivity index (χ4v) is 2.96. The first kappa shape index (κ1) is 17.1. The van der Waals surface area contributed by atoms with E-state index in [2.05, 4.69) is 33.9 Å². The van der Waals surface area contributed by atoms with E-state index in [0.717, 1.165) is 19.4 Å². The van der Waals surface area contributed by atoms with Gasteiger partial charge in [0.2, 0.25) is 0 Å². The van der Waals surface area contributed by atoms with E-state index in [9.17, 15) is 5.11 Å². The number of aliphatic hydroxyl groups is 1. The summed E-state index contributed by atoms with van der Waals surface area (Å²) >= 11 is 0. The van der Waals surface area contributed by atoms with E-state index in [4.69, 9.17) is 13.9 Å². The second-order valence-electron chi connectivity index (χ2n) is 6.95. The molecule has 19 heavy (non-hydrogen) atoms. The minimum absolute atomic E-state index is 0.0209. The molecule has 0 unspecified atom stereocenters. The Labute approximate surface area is 118 Å². The molecule has 0 aromatic heterocycles. The standard InChI is InChI=1S/C14H30O4Si/c1-13(2,3)19(4,5)18-8-6-7-14(11-15)12-16-9-10-17-14/h15H,6-12H2,1-5H3/t14-/m0/s1. The monoisotopic (exact) mass is 290 g/mol. The molecule has 1 rings (SSSR count). The van der Waals surface area contributed by atoms with Crippen molar-refractivity contribution in [3.05, 3.63) is 0 Å². The Morgan fingerprint density at radius 3 is 2.42 bits per heavy atom. The molecule has 1 aliphatic rings. The minimum Gasteiger partial charge on any atom is -0.417 e. The molecule has 0 radical (unpaired) electrons. The molecule has 1 fully saturated rings. The normalized spacial score (nSPS) is 25.6. The highest BCUT2D eigenvalue weighted by Crippen LogP contribution is 2.36. The SMILES string of the molecule is CC(C)(C)[Si](C)(C)OCCC[C@]1(CO)COCCO1. The smallest absolute Gasteiger partial charge is 0.191 e. The van der Waals surface area contributed by atoms with Crippen molar-refractivity contribution in [1.82, 2.24) is 0 Å². The van der Waals surface area contributed by atoms with Crippen LogP contribution in [0.5, 0.6) is 0 Å².